The molecule has 6 nitrogen and oxygen atoms in total. The SMILES string of the molecule is Cn1c(-n2cccc2)c(C#N)c2c(N)ncnc21. The lowest BCUT2D eigenvalue weighted by Gasteiger charge is -2.04. The van der Waals surface area contributed by atoms with Crippen molar-refractivity contribution >= 4 is 16.9 Å². The highest BCUT2D eigenvalue weighted by molar-refractivity contribution is 5.95. The normalized spacial score (nSPS) is 10.7. The molecular formula is C12H10N6. The molecule has 0 aliphatic rings. The minimum absolute atomic E-state index is 0.325. The molecule has 0 saturated heterocycles. The first-order chi connectivity index (χ1) is 8.74. The second kappa shape index (κ2) is 3.60. The molecule has 18 heavy (non-hydrogen) atoms. The van der Waals surface area contributed by atoms with Crippen LogP contribution in [0.2, 0.25) is 0 Å². The van der Waals surface area contributed by atoms with Crippen LogP contribution in [0.15, 0.2) is 30.9 Å². The zero-order valence-corrected chi connectivity index (χ0v) is 9.70. The fourth-order valence-corrected chi connectivity index (χ4v) is 2.15. The highest BCUT2D eigenvalue weighted by Crippen LogP contribution is 2.29. The van der Waals surface area contributed by atoms with Crippen molar-refractivity contribution in [2.24, 2.45) is 7.05 Å². The molecule has 88 valence electrons. The van der Waals surface area contributed by atoms with Gasteiger partial charge in [-0.2, -0.15) is 5.26 Å². The van der Waals surface area contributed by atoms with Crippen LogP contribution in [0.25, 0.3) is 16.9 Å². The molecule has 0 amide bonds. The van der Waals surface area contributed by atoms with Gasteiger partial charge in [0.1, 0.15) is 35.2 Å². The largest absolute Gasteiger partial charge is 0.383 e. The van der Waals surface area contributed by atoms with Crippen molar-refractivity contribution in [2.45, 2.75) is 0 Å². The monoisotopic (exact) mass is 238 g/mol. The van der Waals surface area contributed by atoms with E-state index < -0.39 is 0 Å². The fraction of sp³-hybridized carbons (Fsp3) is 0.0833. The summed E-state index contributed by atoms with van der Waals surface area (Å²) in [5, 5.41) is 9.97. The second-order valence-electron chi connectivity index (χ2n) is 3.92. The predicted molar refractivity (Wildman–Crippen MR) is 67.0 cm³/mol. The summed E-state index contributed by atoms with van der Waals surface area (Å²) in [6.07, 6.45) is 5.15. The van der Waals surface area contributed by atoms with Gasteiger partial charge < -0.3 is 14.9 Å². The zero-order valence-electron chi connectivity index (χ0n) is 9.70. The van der Waals surface area contributed by atoms with E-state index in [-0.39, 0.29) is 0 Å². The Morgan fingerprint density at radius 3 is 2.67 bits per heavy atom. The first kappa shape index (κ1) is 10.4. The van der Waals surface area contributed by atoms with Gasteiger partial charge in [-0.3, -0.25) is 0 Å². The van der Waals surface area contributed by atoms with E-state index in [1.54, 1.807) is 0 Å². The third kappa shape index (κ3) is 1.21. The molecule has 0 saturated carbocycles. The van der Waals surface area contributed by atoms with Crippen molar-refractivity contribution in [3.8, 4) is 11.9 Å². The van der Waals surface area contributed by atoms with Crippen LogP contribution in [0.1, 0.15) is 5.56 Å². The van der Waals surface area contributed by atoms with Gasteiger partial charge in [-0.15, -0.1) is 0 Å². The number of aromatic nitrogens is 4. The zero-order chi connectivity index (χ0) is 12.7. The van der Waals surface area contributed by atoms with E-state index in [0.717, 1.165) is 5.82 Å². The average molecular weight is 238 g/mol. The highest BCUT2D eigenvalue weighted by atomic mass is 15.2. The van der Waals surface area contributed by atoms with Crippen molar-refractivity contribution < 1.29 is 0 Å². The fourth-order valence-electron chi connectivity index (χ4n) is 2.15. The topological polar surface area (TPSA) is 85.5 Å². The van der Waals surface area contributed by atoms with Gasteiger partial charge in [0.15, 0.2) is 0 Å². The molecule has 0 atom stereocenters. The molecule has 0 fully saturated rings. The third-order valence-electron chi connectivity index (χ3n) is 2.93. The first-order valence-electron chi connectivity index (χ1n) is 5.36. The van der Waals surface area contributed by atoms with Crippen LogP contribution in [-0.2, 0) is 7.05 Å². The summed E-state index contributed by atoms with van der Waals surface area (Å²) in [6.45, 7) is 0. The molecule has 6 heteroatoms. The van der Waals surface area contributed by atoms with E-state index in [0.29, 0.717) is 22.4 Å². The molecule has 3 aromatic rings. The molecule has 3 rings (SSSR count). The second-order valence-corrected chi connectivity index (χ2v) is 3.92. The Hall–Kier alpha value is -2.81. The Kier molecular flexibility index (Phi) is 2.07. The summed E-state index contributed by atoms with van der Waals surface area (Å²) in [4.78, 5) is 8.13. The molecule has 0 spiro atoms. The third-order valence-corrected chi connectivity index (χ3v) is 2.93. The van der Waals surface area contributed by atoms with E-state index in [1.165, 1.54) is 6.33 Å². The van der Waals surface area contributed by atoms with Gasteiger partial charge in [0.25, 0.3) is 0 Å². The number of fused-ring (bicyclic) bond motifs is 1. The molecule has 2 N–H and O–H groups in total. The summed E-state index contributed by atoms with van der Waals surface area (Å²) in [7, 11) is 1.85. The molecule has 0 aliphatic carbocycles. The Labute approximate surface area is 103 Å². The van der Waals surface area contributed by atoms with Gasteiger partial charge >= 0.3 is 0 Å². The Bertz CT molecular complexity index is 760. The van der Waals surface area contributed by atoms with E-state index in [1.807, 2.05) is 40.7 Å². The van der Waals surface area contributed by atoms with Gasteiger partial charge in [-0.1, -0.05) is 0 Å². The number of hydrogen-bond donors (Lipinski definition) is 1. The van der Waals surface area contributed by atoms with Crippen LogP contribution in [0, 0.1) is 11.3 Å². The van der Waals surface area contributed by atoms with Crippen LogP contribution in [-0.4, -0.2) is 19.1 Å². The Balaban J connectivity index is 2.50. The summed E-state index contributed by atoms with van der Waals surface area (Å²) in [5.74, 6) is 1.07. The molecule has 0 aliphatic heterocycles. The highest BCUT2D eigenvalue weighted by Gasteiger charge is 2.19. The minimum atomic E-state index is 0.325. The van der Waals surface area contributed by atoms with E-state index >= 15 is 0 Å². The van der Waals surface area contributed by atoms with Crippen molar-refractivity contribution in [3.63, 3.8) is 0 Å². The number of rotatable bonds is 1. The summed E-state index contributed by atoms with van der Waals surface area (Å²) >= 11 is 0. The van der Waals surface area contributed by atoms with Gasteiger partial charge in [0.05, 0.1) is 5.39 Å². The number of nitriles is 1. The maximum Gasteiger partial charge on any atom is 0.148 e. The molecular weight excluding hydrogens is 228 g/mol. The molecule has 0 bridgehead atoms. The lowest BCUT2D eigenvalue weighted by atomic mass is 10.2. The van der Waals surface area contributed by atoms with Crippen LogP contribution < -0.4 is 5.73 Å². The number of nitrogens with two attached hydrogens (primary N) is 1. The van der Waals surface area contributed by atoms with Crippen molar-refractivity contribution in [2.75, 3.05) is 5.73 Å². The van der Waals surface area contributed by atoms with E-state index in [2.05, 4.69) is 16.0 Å². The van der Waals surface area contributed by atoms with Crippen LogP contribution in [0.3, 0.4) is 0 Å². The van der Waals surface area contributed by atoms with Crippen molar-refractivity contribution in [3.05, 3.63) is 36.4 Å². The summed E-state index contributed by atoms with van der Waals surface area (Å²) < 4.78 is 3.70. The maximum atomic E-state index is 9.37. The Morgan fingerprint density at radius 2 is 2.00 bits per heavy atom. The number of anilines is 1. The van der Waals surface area contributed by atoms with Gasteiger partial charge in [0, 0.05) is 19.4 Å². The number of hydrogen-bond acceptors (Lipinski definition) is 4. The average Bonchev–Trinajstić information content (AvgIpc) is 2.96. The van der Waals surface area contributed by atoms with E-state index in [9.17, 15) is 5.26 Å². The number of nitrogens with zero attached hydrogens (tertiary/aromatic N) is 5. The first-order valence-corrected chi connectivity index (χ1v) is 5.36. The number of nitrogen functional groups attached to an aromatic ring is 1. The molecule has 0 unspecified atom stereocenters. The standard InChI is InChI=1S/C12H10N6/c1-17-11-9(10(14)15-7-16-11)8(6-13)12(17)18-4-2-3-5-18/h2-5,7H,1H3,(H2,14,15,16). The molecule has 3 heterocycles. The van der Waals surface area contributed by atoms with Crippen LogP contribution >= 0.6 is 0 Å². The lowest BCUT2D eigenvalue weighted by Crippen LogP contribution is -2.01. The van der Waals surface area contributed by atoms with E-state index in [4.69, 9.17) is 5.73 Å². The van der Waals surface area contributed by atoms with Crippen molar-refractivity contribution in [1.29, 1.82) is 5.26 Å². The Morgan fingerprint density at radius 1 is 1.28 bits per heavy atom. The minimum Gasteiger partial charge on any atom is -0.383 e. The summed E-state index contributed by atoms with van der Waals surface area (Å²) in [5.41, 5.74) is 6.99. The van der Waals surface area contributed by atoms with Gasteiger partial charge in [-0.05, 0) is 12.1 Å². The van der Waals surface area contributed by atoms with Crippen LogP contribution in [0.5, 0.6) is 0 Å². The van der Waals surface area contributed by atoms with Gasteiger partial charge in [0.2, 0.25) is 0 Å². The molecule has 0 aromatic carbocycles. The van der Waals surface area contributed by atoms with Gasteiger partial charge in [-0.25, -0.2) is 9.97 Å². The predicted octanol–water partition coefficient (Wildman–Crippen LogP) is 1.21. The maximum absolute atomic E-state index is 9.37. The lowest BCUT2D eigenvalue weighted by molar-refractivity contribution is 0.858. The smallest absolute Gasteiger partial charge is 0.148 e. The van der Waals surface area contributed by atoms with Crippen molar-refractivity contribution in [1.82, 2.24) is 19.1 Å². The summed E-state index contributed by atoms with van der Waals surface area (Å²) in [6, 6.07) is 5.98. The number of aryl methyl sites for hydroxylation is 1. The van der Waals surface area contributed by atoms with Crippen LogP contribution in [0.4, 0.5) is 5.82 Å². The molecule has 0 radical (unpaired) electrons. The quantitative estimate of drug-likeness (QED) is 0.690. The molecule has 3 aromatic heterocycles.